The van der Waals surface area contributed by atoms with Crippen molar-refractivity contribution in [2.24, 2.45) is 0 Å². The molecule has 2 aromatic carbocycles. The number of carbonyl (C=O) groups excluding carboxylic acids is 2. The lowest BCUT2D eigenvalue weighted by Gasteiger charge is -2.47. The van der Waals surface area contributed by atoms with E-state index in [2.05, 4.69) is 78.8 Å². The maximum absolute atomic E-state index is 14.4. The van der Waals surface area contributed by atoms with Crippen LogP contribution in [-0.2, 0) is 26.2 Å². The van der Waals surface area contributed by atoms with Crippen LogP contribution in [0.25, 0.3) is 0 Å². The molecule has 0 aliphatic carbocycles. The summed E-state index contributed by atoms with van der Waals surface area (Å²) in [6, 6.07) is 11.6. The third-order valence-corrected chi connectivity index (χ3v) is 13.8. The summed E-state index contributed by atoms with van der Waals surface area (Å²) in [4.78, 5) is 31.7. The average Bonchev–Trinajstić information content (AvgIpc) is 3.17. The Bertz CT molecular complexity index is 1260. The van der Waals surface area contributed by atoms with Crippen molar-refractivity contribution in [2.45, 2.75) is 76.4 Å². The Labute approximate surface area is 247 Å². The number of likely N-dealkylation sites (tertiary alicyclic amines) is 1. The van der Waals surface area contributed by atoms with Crippen molar-refractivity contribution in [3.8, 4) is 5.75 Å². The smallest absolute Gasteiger partial charge is 0.254 e. The second-order valence-electron chi connectivity index (χ2n) is 12.4. The van der Waals surface area contributed by atoms with Gasteiger partial charge in [0.1, 0.15) is 5.75 Å². The van der Waals surface area contributed by atoms with Crippen LogP contribution in [0.3, 0.4) is 0 Å². The van der Waals surface area contributed by atoms with Crippen molar-refractivity contribution >= 4 is 48.4 Å². The van der Waals surface area contributed by atoms with Gasteiger partial charge in [-0.15, -0.1) is 0 Å². The van der Waals surface area contributed by atoms with Gasteiger partial charge in [-0.2, -0.15) is 0 Å². The number of rotatable bonds is 7. The molecule has 2 amide bonds. The Morgan fingerprint density at radius 1 is 1.15 bits per heavy atom. The van der Waals surface area contributed by atoms with Crippen molar-refractivity contribution in [1.29, 1.82) is 0 Å². The summed E-state index contributed by atoms with van der Waals surface area (Å²) in [5.74, 6) is 0.477. The van der Waals surface area contributed by atoms with Crippen molar-refractivity contribution in [3.63, 3.8) is 0 Å². The minimum Gasteiger partial charge on any atom is -0.496 e. The SMILES string of the molecule is COc1ccc(CO[Si](C)(C)C(C)(C)C)cc1C1(N2CCCC[C@H]2C(=O)N(C)C)C(=O)Nc2ccc(I)cc21. The Morgan fingerprint density at radius 3 is 2.51 bits per heavy atom. The van der Waals surface area contributed by atoms with Crippen LogP contribution in [0.1, 0.15) is 56.7 Å². The van der Waals surface area contributed by atoms with E-state index in [9.17, 15) is 9.59 Å². The van der Waals surface area contributed by atoms with Crippen molar-refractivity contribution in [1.82, 2.24) is 9.80 Å². The van der Waals surface area contributed by atoms with Gasteiger partial charge in [0.2, 0.25) is 5.91 Å². The predicted octanol–water partition coefficient (Wildman–Crippen LogP) is 5.96. The molecule has 0 spiro atoms. The first-order chi connectivity index (χ1) is 18.2. The summed E-state index contributed by atoms with van der Waals surface area (Å²) >= 11 is 2.29. The van der Waals surface area contributed by atoms with Gasteiger partial charge in [-0.25, -0.2) is 0 Å². The van der Waals surface area contributed by atoms with Crippen LogP contribution in [0, 0.1) is 3.57 Å². The molecule has 2 aromatic rings. The highest BCUT2D eigenvalue weighted by molar-refractivity contribution is 14.1. The van der Waals surface area contributed by atoms with Gasteiger partial charge in [0.05, 0.1) is 19.8 Å². The Hall–Kier alpha value is -1.95. The molecule has 212 valence electrons. The third kappa shape index (κ3) is 5.39. The van der Waals surface area contributed by atoms with Crippen molar-refractivity contribution in [3.05, 3.63) is 56.7 Å². The maximum Gasteiger partial charge on any atom is 0.254 e. The first-order valence-corrected chi connectivity index (χ1v) is 17.6. The van der Waals surface area contributed by atoms with Crippen LogP contribution >= 0.6 is 22.6 Å². The van der Waals surface area contributed by atoms with Crippen molar-refractivity contribution < 1.29 is 18.8 Å². The number of piperidine rings is 1. The Balaban J connectivity index is 1.94. The number of ether oxygens (including phenoxy) is 1. The molecule has 2 heterocycles. The van der Waals surface area contributed by atoms with Crippen LogP contribution in [0.2, 0.25) is 18.1 Å². The molecule has 39 heavy (non-hydrogen) atoms. The molecule has 9 heteroatoms. The van der Waals surface area contributed by atoms with Gasteiger partial charge < -0.3 is 19.4 Å². The first kappa shape index (κ1) is 30.0. The number of anilines is 1. The fraction of sp³-hybridized carbons (Fsp3) is 0.533. The molecular weight excluding hydrogens is 621 g/mol. The molecule has 0 bridgehead atoms. The molecule has 1 N–H and O–H groups in total. The fourth-order valence-corrected chi connectivity index (χ4v) is 6.91. The molecule has 2 aliphatic rings. The zero-order chi connectivity index (χ0) is 28.8. The summed E-state index contributed by atoms with van der Waals surface area (Å²) in [5.41, 5.74) is 2.14. The van der Waals surface area contributed by atoms with E-state index in [0.29, 0.717) is 25.3 Å². The largest absolute Gasteiger partial charge is 0.496 e. The zero-order valence-electron chi connectivity index (χ0n) is 24.5. The van der Waals surface area contributed by atoms with E-state index in [4.69, 9.17) is 9.16 Å². The molecule has 7 nitrogen and oxygen atoms in total. The molecule has 2 atom stereocenters. The monoisotopic (exact) mass is 663 g/mol. The van der Waals surface area contributed by atoms with Crippen LogP contribution in [0.15, 0.2) is 36.4 Å². The number of nitrogens with one attached hydrogen (secondary N) is 1. The number of amides is 2. The van der Waals surface area contributed by atoms with Gasteiger partial charge in [-0.3, -0.25) is 14.5 Å². The van der Waals surface area contributed by atoms with Gasteiger partial charge in [0.25, 0.3) is 5.91 Å². The number of fused-ring (bicyclic) bond motifs is 1. The lowest BCUT2D eigenvalue weighted by atomic mass is 9.78. The normalized spacial score (nSPS) is 21.9. The summed E-state index contributed by atoms with van der Waals surface area (Å²) in [7, 11) is 3.21. The Kier molecular flexibility index (Phi) is 8.57. The number of nitrogens with zero attached hydrogens (tertiary/aromatic N) is 2. The highest BCUT2D eigenvalue weighted by Gasteiger charge is 2.57. The maximum atomic E-state index is 14.4. The number of hydrogen-bond acceptors (Lipinski definition) is 5. The quantitative estimate of drug-likeness (QED) is 0.293. The van der Waals surface area contributed by atoms with Gasteiger partial charge in [0.15, 0.2) is 13.9 Å². The standard InChI is InChI=1S/C30H42IN3O4Si/c1-29(2,3)39(7,8)38-19-20-12-15-26(37-6)23(17-20)30(22-18-21(31)13-14-24(22)32-28(30)36)34-16-10-9-11-25(34)27(35)33(4)5/h12-15,17-18,25H,9-11,16,19H2,1-8H3,(H,32,36)/t25-,30?/m0/s1. The van der Waals surface area contributed by atoms with Gasteiger partial charge in [-0.1, -0.05) is 33.3 Å². The second-order valence-corrected chi connectivity index (χ2v) is 18.4. The highest BCUT2D eigenvalue weighted by Crippen LogP contribution is 2.51. The first-order valence-electron chi connectivity index (χ1n) is 13.6. The van der Waals surface area contributed by atoms with Gasteiger partial charge in [0, 0.05) is 41.0 Å². The number of halogens is 1. The number of benzene rings is 2. The topological polar surface area (TPSA) is 71.1 Å². The molecular formula is C30H42IN3O4Si. The van der Waals surface area contributed by atoms with E-state index in [1.54, 1.807) is 26.1 Å². The molecule has 0 radical (unpaired) electrons. The van der Waals surface area contributed by atoms with E-state index >= 15 is 0 Å². The van der Waals surface area contributed by atoms with Crippen molar-refractivity contribution in [2.75, 3.05) is 33.1 Å². The predicted molar refractivity (Wildman–Crippen MR) is 167 cm³/mol. The molecule has 2 aliphatic heterocycles. The zero-order valence-corrected chi connectivity index (χ0v) is 27.6. The molecule has 1 fully saturated rings. The molecule has 0 saturated carbocycles. The number of carbonyl (C=O) groups is 2. The van der Waals surface area contributed by atoms with E-state index < -0.39 is 19.9 Å². The summed E-state index contributed by atoms with van der Waals surface area (Å²) in [5, 5.41) is 3.24. The number of likely N-dealkylation sites (N-methyl/N-ethyl adjacent to an activating group) is 1. The lowest BCUT2D eigenvalue weighted by Crippen LogP contribution is -2.61. The van der Waals surface area contributed by atoms with E-state index in [0.717, 1.165) is 38.8 Å². The van der Waals surface area contributed by atoms with E-state index in [1.165, 1.54) is 0 Å². The van der Waals surface area contributed by atoms with Gasteiger partial charge in [-0.05, 0) is 89.5 Å². The van der Waals surface area contributed by atoms with E-state index in [-0.39, 0.29) is 16.9 Å². The molecule has 4 rings (SSSR count). The minimum atomic E-state index is -2.00. The van der Waals surface area contributed by atoms with Crippen LogP contribution in [0.5, 0.6) is 5.75 Å². The average molecular weight is 664 g/mol. The van der Waals surface area contributed by atoms with Crippen LogP contribution in [-0.4, -0.2) is 63.7 Å². The molecule has 1 unspecified atom stereocenters. The lowest BCUT2D eigenvalue weighted by molar-refractivity contribution is -0.142. The summed E-state index contributed by atoms with van der Waals surface area (Å²) < 4.78 is 13.5. The number of hydrogen-bond donors (Lipinski definition) is 1. The third-order valence-electron chi connectivity index (χ3n) is 8.67. The van der Waals surface area contributed by atoms with Gasteiger partial charge >= 0.3 is 0 Å². The fourth-order valence-electron chi connectivity index (χ4n) is 5.46. The Morgan fingerprint density at radius 2 is 1.87 bits per heavy atom. The molecule has 1 saturated heterocycles. The highest BCUT2D eigenvalue weighted by atomic mass is 127. The summed E-state index contributed by atoms with van der Waals surface area (Å²) in [6.45, 7) is 12.2. The molecule has 0 aromatic heterocycles. The minimum absolute atomic E-state index is 0.0114. The van der Waals surface area contributed by atoms with E-state index in [1.807, 2.05) is 24.3 Å². The second kappa shape index (κ2) is 11.1. The number of methoxy groups -OCH3 is 1. The summed E-state index contributed by atoms with van der Waals surface area (Å²) in [6.07, 6.45) is 2.54. The van der Waals surface area contributed by atoms with Crippen LogP contribution in [0.4, 0.5) is 5.69 Å². The van der Waals surface area contributed by atoms with Crippen LogP contribution < -0.4 is 10.1 Å².